The maximum atomic E-state index is 9.58. The van der Waals surface area contributed by atoms with Crippen LogP contribution in [0.4, 0.5) is 0 Å². The Balaban J connectivity index is 0.000000263. The lowest BCUT2D eigenvalue weighted by atomic mass is 9.81. The number of phenols is 2. The number of benzene rings is 8. The van der Waals surface area contributed by atoms with Crippen LogP contribution in [-0.4, -0.2) is 10.2 Å². The number of rotatable bonds is 5. The molecular weight excluding hydrogens is 951 g/mol. The molecule has 0 amide bonds. The maximum absolute atomic E-state index is 9.58. The van der Waals surface area contributed by atoms with Crippen molar-refractivity contribution in [3.05, 3.63) is 198 Å². The Kier molecular flexibility index (Phi) is 20.8. The first-order valence-electron chi connectivity index (χ1n) is 24.7. The Hall–Kier alpha value is -7.89. The van der Waals surface area contributed by atoms with Crippen molar-refractivity contribution in [1.29, 1.82) is 15.8 Å². The van der Waals surface area contributed by atoms with E-state index >= 15 is 0 Å². The van der Waals surface area contributed by atoms with E-state index < -0.39 is 0 Å². The Morgan fingerprint density at radius 1 is 0.375 bits per heavy atom. The van der Waals surface area contributed by atoms with Gasteiger partial charge in [0.15, 0.2) is 0 Å². The van der Waals surface area contributed by atoms with E-state index in [1.165, 1.54) is 44.5 Å². The highest BCUT2D eigenvalue weighted by Crippen LogP contribution is 2.52. The fraction of sp³-hybridized carbons (Fsp3) is 0.215. The monoisotopic (exact) mass is 1020 g/mol. The van der Waals surface area contributed by atoms with Crippen LogP contribution in [0.15, 0.2) is 170 Å². The van der Waals surface area contributed by atoms with Gasteiger partial charge in [-0.3, -0.25) is 0 Å². The molecule has 0 fully saturated rings. The van der Waals surface area contributed by atoms with Crippen LogP contribution in [0.3, 0.4) is 0 Å². The van der Waals surface area contributed by atoms with Gasteiger partial charge in [-0.25, -0.2) is 0 Å². The molecule has 0 aliphatic heterocycles. The second kappa shape index (κ2) is 26.4. The summed E-state index contributed by atoms with van der Waals surface area (Å²) in [6.07, 6.45) is 1.71. The Morgan fingerprint density at radius 2 is 0.611 bits per heavy atom. The van der Waals surface area contributed by atoms with Gasteiger partial charge in [0.25, 0.3) is 6.26 Å². The maximum Gasteiger partial charge on any atom is 0.292 e. The van der Waals surface area contributed by atoms with E-state index in [1.54, 1.807) is 35.5 Å². The predicted octanol–water partition coefficient (Wildman–Crippen LogP) is 18.8. The lowest BCUT2D eigenvalue weighted by Crippen LogP contribution is -2.15. The zero-order chi connectivity index (χ0) is 53.2. The second-order valence-corrected chi connectivity index (χ2v) is 17.2. The van der Waals surface area contributed by atoms with Gasteiger partial charge >= 0.3 is 0 Å². The van der Waals surface area contributed by atoms with Crippen LogP contribution in [0.5, 0.6) is 17.2 Å². The SMILES string of the molecule is CC.CC.CC.CC.CC1(C)c2cc(-c3ccc(C#N)cc3)ccc2-c2ccc(-c3ccc(OC#N)cc3)cc21.CC1(C)c2cc(-c3ccc(O)cc3)ccc2-c2ccc(-c3ccc(O)cc3)cc21.N#CBr. The second-order valence-electron chi connectivity index (χ2n) is 16.9. The molecule has 7 heteroatoms. The summed E-state index contributed by atoms with van der Waals surface area (Å²) >= 11 is 2.45. The van der Waals surface area contributed by atoms with Gasteiger partial charge in [-0.2, -0.15) is 10.5 Å². The number of hydrogen-bond acceptors (Lipinski definition) is 6. The third kappa shape index (κ3) is 12.3. The molecule has 0 unspecified atom stereocenters. The van der Waals surface area contributed by atoms with Crippen molar-refractivity contribution >= 4 is 15.9 Å². The highest BCUT2D eigenvalue weighted by molar-refractivity contribution is 9.12. The quantitative estimate of drug-likeness (QED) is 0.166. The van der Waals surface area contributed by atoms with E-state index in [1.807, 2.05) is 128 Å². The third-order valence-corrected chi connectivity index (χ3v) is 12.5. The first-order chi connectivity index (χ1) is 34.9. The van der Waals surface area contributed by atoms with Gasteiger partial charge in [0.2, 0.25) is 0 Å². The normalized spacial score (nSPS) is 11.7. The summed E-state index contributed by atoms with van der Waals surface area (Å²) in [5.41, 5.74) is 19.8. The van der Waals surface area contributed by atoms with Crippen molar-refractivity contribution in [1.82, 2.24) is 0 Å². The molecule has 0 bridgehead atoms. The van der Waals surface area contributed by atoms with E-state index in [0.29, 0.717) is 11.3 Å². The standard InChI is InChI=1S/C29H20N2O.C27H22O2.4C2H6.CBrN/c1-29(2)27-15-22(20-5-3-19(17-30)4-6-20)9-13-25(27)26-14-10-23(16-28(26)29)21-7-11-24(12-8-21)32-18-31;1-27(2)25-15-19(17-3-9-21(28)10-4-17)7-13-23(25)24-14-8-20(16-26(24)27)18-5-11-22(29)12-6-18;4*1-2;2-1-3/h3-16H,1-2H3;3-16,28-29H,1-2H3;4*1-2H3;. The third-order valence-electron chi connectivity index (χ3n) is 12.5. The van der Waals surface area contributed by atoms with Crippen molar-refractivity contribution in [2.75, 3.05) is 0 Å². The number of nitrogens with zero attached hydrogens (tertiary/aromatic N) is 3. The number of fused-ring (bicyclic) bond motifs is 6. The van der Waals surface area contributed by atoms with E-state index in [0.717, 1.165) is 44.5 Å². The summed E-state index contributed by atoms with van der Waals surface area (Å²) in [6.45, 7) is 25.1. The minimum absolute atomic E-state index is 0.107. The molecule has 6 nitrogen and oxygen atoms in total. The molecule has 366 valence electrons. The minimum atomic E-state index is -0.132. The van der Waals surface area contributed by atoms with Crippen LogP contribution in [0.25, 0.3) is 66.8 Å². The largest absolute Gasteiger partial charge is 0.508 e. The molecule has 0 atom stereocenters. The van der Waals surface area contributed by atoms with Crippen molar-refractivity contribution in [2.24, 2.45) is 0 Å². The molecule has 0 spiro atoms. The van der Waals surface area contributed by atoms with Gasteiger partial charge in [0, 0.05) is 26.8 Å². The number of aromatic hydroxyl groups is 2. The number of phenolic OH excluding ortho intramolecular Hbond substituents is 2. The number of halogens is 1. The first-order valence-corrected chi connectivity index (χ1v) is 25.5. The predicted molar refractivity (Wildman–Crippen MR) is 304 cm³/mol. The van der Waals surface area contributed by atoms with Crippen molar-refractivity contribution in [2.45, 2.75) is 93.9 Å². The van der Waals surface area contributed by atoms with Crippen molar-refractivity contribution < 1.29 is 14.9 Å². The summed E-state index contributed by atoms with van der Waals surface area (Å²) < 4.78 is 4.90. The van der Waals surface area contributed by atoms with Crippen LogP contribution in [-0.2, 0) is 10.8 Å². The van der Waals surface area contributed by atoms with Crippen molar-refractivity contribution in [3.8, 4) is 101 Å². The van der Waals surface area contributed by atoms with Crippen LogP contribution in [0.1, 0.15) is 111 Å². The van der Waals surface area contributed by atoms with Crippen LogP contribution >= 0.6 is 15.9 Å². The summed E-state index contributed by atoms with van der Waals surface area (Å²) in [4.78, 5) is 1.56. The molecule has 2 aliphatic rings. The molecule has 0 heterocycles. The lowest BCUT2D eigenvalue weighted by molar-refractivity contribution is 0.475. The Morgan fingerprint density at radius 3 is 0.861 bits per heavy atom. The molecule has 2 aliphatic carbocycles. The van der Waals surface area contributed by atoms with Gasteiger partial charge in [0.1, 0.15) is 22.2 Å². The summed E-state index contributed by atoms with van der Waals surface area (Å²) in [5, 5.41) is 44.2. The first kappa shape index (κ1) is 56.7. The molecule has 8 aromatic carbocycles. The highest BCUT2D eigenvalue weighted by Gasteiger charge is 2.37. The van der Waals surface area contributed by atoms with Gasteiger partial charge in [-0.15, -0.1) is 5.26 Å². The highest BCUT2D eigenvalue weighted by atomic mass is 79.9. The summed E-state index contributed by atoms with van der Waals surface area (Å²) in [6, 6.07) is 58.8. The molecule has 10 rings (SSSR count). The average molecular weight is 1020 g/mol. The van der Waals surface area contributed by atoms with Crippen LogP contribution in [0.2, 0.25) is 0 Å². The average Bonchev–Trinajstić information content (AvgIpc) is 3.80. The van der Waals surface area contributed by atoms with Gasteiger partial charge in [-0.05, 0) is 162 Å². The fourth-order valence-corrected chi connectivity index (χ4v) is 9.01. The van der Waals surface area contributed by atoms with E-state index in [2.05, 4.69) is 122 Å². The smallest absolute Gasteiger partial charge is 0.292 e. The molecule has 0 saturated heterocycles. The van der Waals surface area contributed by atoms with Crippen molar-refractivity contribution in [3.63, 3.8) is 0 Å². The molecule has 8 aromatic rings. The van der Waals surface area contributed by atoms with Crippen LogP contribution in [0, 0.1) is 33.1 Å². The molecule has 0 aromatic heterocycles. The van der Waals surface area contributed by atoms with E-state index in [9.17, 15) is 10.2 Å². The van der Waals surface area contributed by atoms with E-state index in [4.69, 9.17) is 20.5 Å². The van der Waals surface area contributed by atoms with Gasteiger partial charge in [-0.1, -0.05) is 180 Å². The minimum Gasteiger partial charge on any atom is -0.508 e. The number of nitriles is 3. The molecule has 72 heavy (non-hydrogen) atoms. The number of hydrogen-bond donors (Lipinski definition) is 2. The molecule has 0 radical (unpaired) electrons. The van der Waals surface area contributed by atoms with Gasteiger partial charge < -0.3 is 14.9 Å². The molecule has 2 N–H and O–H groups in total. The van der Waals surface area contributed by atoms with E-state index in [-0.39, 0.29) is 22.3 Å². The zero-order valence-electron chi connectivity index (χ0n) is 43.7. The van der Waals surface area contributed by atoms with Gasteiger partial charge in [0.05, 0.1) is 11.6 Å². The topological polar surface area (TPSA) is 121 Å². The molecular formula is C65H66BrN3O3. The Labute approximate surface area is 437 Å². The zero-order valence-corrected chi connectivity index (χ0v) is 45.3. The van der Waals surface area contributed by atoms with Crippen LogP contribution < -0.4 is 4.74 Å². The summed E-state index contributed by atoms with van der Waals surface area (Å²) in [7, 11) is 0. The molecule has 0 saturated carbocycles. The number of ether oxygens (including phenoxy) is 1. The summed E-state index contributed by atoms with van der Waals surface area (Å²) in [5.74, 6) is 1.11. The fourth-order valence-electron chi connectivity index (χ4n) is 9.01. The lowest BCUT2D eigenvalue weighted by Gasteiger charge is -2.22. The Bertz CT molecular complexity index is 3070.